The molecule has 0 aliphatic carbocycles. The van der Waals surface area contributed by atoms with E-state index in [9.17, 15) is 0 Å². The minimum Gasteiger partial charge on any atom is -0.354 e. The Kier molecular flexibility index (Phi) is 6.80. The van der Waals surface area contributed by atoms with E-state index >= 15 is 0 Å². The maximum absolute atomic E-state index is 6.08. The summed E-state index contributed by atoms with van der Waals surface area (Å²) in [5.74, 6) is 1.89. The summed E-state index contributed by atoms with van der Waals surface area (Å²) >= 11 is 6.08. The number of piperazine rings is 1. The molecule has 0 bridgehead atoms. The molecule has 0 atom stereocenters. The Balaban J connectivity index is 1.54. The van der Waals surface area contributed by atoms with Gasteiger partial charge in [0.15, 0.2) is 5.96 Å². The van der Waals surface area contributed by atoms with Crippen LogP contribution >= 0.6 is 11.6 Å². The summed E-state index contributed by atoms with van der Waals surface area (Å²) in [4.78, 5) is 15.8. The fourth-order valence-corrected chi connectivity index (χ4v) is 3.62. The molecule has 3 rings (SSSR count). The van der Waals surface area contributed by atoms with Gasteiger partial charge in [-0.15, -0.1) is 0 Å². The quantitative estimate of drug-likeness (QED) is 0.611. The third-order valence-corrected chi connectivity index (χ3v) is 5.34. The van der Waals surface area contributed by atoms with Crippen LogP contribution < -0.4 is 10.2 Å². The Morgan fingerprint density at radius 1 is 1.25 bits per heavy atom. The molecule has 0 aromatic carbocycles. The molecule has 8 heteroatoms. The molecule has 1 N–H and O–H groups in total. The zero-order chi connectivity index (χ0) is 20.1. The Morgan fingerprint density at radius 2 is 2.00 bits per heavy atom. The van der Waals surface area contributed by atoms with Gasteiger partial charge in [-0.05, 0) is 24.7 Å². The Bertz CT molecular complexity index is 791. The molecule has 1 saturated heterocycles. The number of aliphatic imine (C=N–C) groups is 1. The Morgan fingerprint density at radius 3 is 2.57 bits per heavy atom. The van der Waals surface area contributed by atoms with Gasteiger partial charge in [0.05, 0.1) is 11.6 Å². The standard InChI is InChI=1S/C20H30ClN7/c1-22-20(27(4)15-18-11-17(21)14-26(18)3)24-13-16-5-6-19(23-12-16)28-9-7-25(2)8-10-28/h5-6,11-12,14H,7-10,13,15H2,1-4H3,(H,22,24). The van der Waals surface area contributed by atoms with Crippen molar-refractivity contribution in [2.75, 3.05) is 52.2 Å². The highest BCUT2D eigenvalue weighted by molar-refractivity contribution is 6.30. The second-order valence-corrected chi connectivity index (χ2v) is 7.77. The maximum Gasteiger partial charge on any atom is 0.194 e. The molecule has 0 amide bonds. The summed E-state index contributed by atoms with van der Waals surface area (Å²) < 4.78 is 2.03. The molecule has 0 saturated carbocycles. The van der Waals surface area contributed by atoms with E-state index < -0.39 is 0 Å². The van der Waals surface area contributed by atoms with Gasteiger partial charge in [-0.1, -0.05) is 17.7 Å². The number of rotatable bonds is 5. The zero-order valence-electron chi connectivity index (χ0n) is 17.2. The fourth-order valence-electron chi connectivity index (χ4n) is 3.35. The molecule has 152 valence electrons. The predicted octanol–water partition coefficient (Wildman–Crippen LogP) is 2.03. The molecule has 2 aromatic rings. The molecule has 1 aliphatic heterocycles. The van der Waals surface area contributed by atoms with Crippen molar-refractivity contribution < 1.29 is 0 Å². The van der Waals surface area contributed by atoms with Gasteiger partial charge in [0, 0.05) is 72.0 Å². The topological polar surface area (TPSA) is 51.9 Å². The first kappa shape index (κ1) is 20.5. The molecular formula is C20H30ClN7. The van der Waals surface area contributed by atoms with Gasteiger partial charge in [-0.3, -0.25) is 4.99 Å². The largest absolute Gasteiger partial charge is 0.354 e. The molecule has 0 spiro atoms. The average Bonchev–Trinajstić information content (AvgIpc) is 3.00. The molecule has 7 nitrogen and oxygen atoms in total. The molecule has 0 radical (unpaired) electrons. The van der Waals surface area contributed by atoms with Gasteiger partial charge in [0.25, 0.3) is 0 Å². The molecule has 3 heterocycles. The van der Waals surface area contributed by atoms with Crippen LogP contribution in [0, 0.1) is 0 Å². The summed E-state index contributed by atoms with van der Waals surface area (Å²) in [6, 6.07) is 6.23. The van der Waals surface area contributed by atoms with Crippen molar-refractivity contribution in [3.63, 3.8) is 0 Å². The van der Waals surface area contributed by atoms with Crippen LogP contribution in [0.5, 0.6) is 0 Å². The smallest absolute Gasteiger partial charge is 0.194 e. The normalized spacial score (nSPS) is 15.8. The van der Waals surface area contributed by atoms with Crippen molar-refractivity contribution >= 4 is 23.4 Å². The molecule has 0 unspecified atom stereocenters. The predicted molar refractivity (Wildman–Crippen MR) is 116 cm³/mol. The van der Waals surface area contributed by atoms with Crippen molar-refractivity contribution in [2.24, 2.45) is 12.0 Å². The zero-order valence-corrected chi connectivity index (χ0v) is 17.9. The van der Waals surface area contributed by atoms with Crippen LogP contribution in [-0.4, -0.2) is 72.6 Å². The van der Waals surface area contributed by atoms with Crippen LogP contribution in [0.1, 0.15) is 11.3 Å². The monoisotopic (exact) mass is 403 g/mol. The van der Waals surface area contributed by atoms with Gasteiger partial charge in [-0.25, -0.2) is 4.98 Å². The number of aromatic nitrogens is 2. The van der Waals surface area contributed by atoms with Crippen molar-refractivity contribution in [1.82, 2.24) is 24.7 Å². The van der Waals surface area contributed by atoms with Gasteiger partial charge in [-0.2, -0.15) is 0 Å². The average molecular weight is 404 g/mol. The van der Waals surface area contributed by atoms with Gasteiger partial charge in [0.1, 0.15) is 5.82 Å². The van der Waals surface area contributed by atoms with Crippen molar-refractivity contribution in [3.05, 3.63) is 46.9 Å². The second kappa shape index (κ2) is 9.30. The van der Waals surface area contributed by atoms with E-state index in [2.05, 4.69) is 49.2 Å². The van der Waals surface area contributed by atoms with E-state index in [-0.39, 0.29) is 0 Å². The minimum atomic E-state index is 0.681. The maximum atomic E-state index is 6.08. The number of nitrogens with zero attached hydrogens (tertiary/aromatic N) is 6. The number of halogens is 1. The first-order chi connectivity index (χ1) is 13.5. The number of pyridine rings is 1. The SMILES string of the molecule is CN=C(NCc1ccc(N2CCN(C)CC2)nc1)N(C)Cc1cc(Cl)cn1C. The first-order valence-electron chi connectivity index (χ1n) is 9.57. The third kappa shape index (κ3) is 5.17. The van der Waals surface area contributed by atoms with Gasteiger partial charge >= 0.3 is 0 Å². The number of guanidine groups is 1. The molecule has 1 aliphatic rings. The van der Waals surface area contributed by atoms with Crippen LogP contribution in [0.3, 0.4) is 0 Å². The molecule has 28 heavy (non-hydrogen) atoms. The molecule has 2 aromatic heterocycles. The summed E-state index contributed by atoms with van der Waals surface area (Å²) in [6.45, 7) is 5.63. The van der Waals surface area contributed by atoms with Crippen molar-refractivity contribution in [1.29, 1.82) is 0 Å². The number of likely N-dealkylation sites (N-methyl/N-ethyl adjacent to an activating group) is 1. The number of hydrogen-bond donors (Lipinski definition) is 1. The third-order valence-electron chi connectivity index (χ3n) is 5.13. The Hall–Kier alpha value is -2.25. The number of anilines is 1. The molecule has 1 fully saturated rings. The van der Waals surface area contributed by atoms with E-state index in [1.54, 1.807) is 7.05 Å². The lowest BCUT2D eigenvalue weighted by Crippen LogP contribution is -2.44. The van der Waals surface area contributed by atoms with Crippen LogP contribution in [-0.2, 0) is 20.1 Å². The highest BCUT2D eigenvalue weighted by atomic mass is 35.5. The van der Waals surface area contributed by atoms with E-state index in [0.29, 0.717) is 6.54 Å². The highest BCUT2D eigenvalue weighted by Gasteiger charge is 2.15. The number of hydrogen-bond acceptors (Lipinski definition) is 4. The van der Waals surface area contributed by atoms with Crippen LogP contribution in [0.15, 0.2) is 35.6 Å². The Labute approximate surface area is 172 Å². The summed E-state index contributed by atoms with van der Waals surface area (Å²) in [5, 5.41) is 4.16. The van der Waals surface area contributed by atoms with E-state index in [1.807, 2.05) is 37.1 Å². The van der Waals surface area contributed by atoms with Crippen molar-refractivity contribution in [2.45, 2.75) is 13.1 Å². The van der Waals surface area contributed by atoms with Crippen LogP contribution in [0.2, 0.25) is 5.02 Å². The van der Waals surface area contributed by atoms with Crippen LogP contribution in [0.4, 0.5) is 5.82 Å². The van der Waals surface area contributed by atoms with E-state index in [0.717, 1.165) is 60.8 Å². The summed E-state index contributed by atoms with van der Waals surface area (Å²) in [6.07, 6.45) is 3.86. The molecular weight excluding hydrogens is 374 g/mol. The van der Waals surface area contributed by atoms with Gasteiger partial charge < -0.3 is 24.6 Å². The lowest BCUT2D eigenvalue weighted by atomic mass is 10.2. The second-order valence-electron chi connectivity index (χ2n) is 7.33. The lowest BCUT2D eigenvalue weighted by molar-refractivity contribution is 0.312. The van der Waals surface area contributed by atoms with E-state index in [4.69, 9.17) is 11.6 Å². The summed E-state index contributed by atoms with van der Waals surface area (Å²) in [5.41, 5.74) is 2.27. The first-order valence-corrected chi connectivity index (χ1v) is 9.95. The summed E-state index contributed by atoms with van der Waals surface area (Å²) in [7, 11) is 7.98. The van der Waals surface area contributed by atoms with Gasteiger partial charge in [0.2, 0.25) is 0 Å². The van der Waals surface area contributed by atoms with E-state index in [1.165, 1.54) is 0 Å². The van der Waals surface area contributed by atoms with Crippen molar-refractivity contribution in [3.8, 4) is 0 Å². The number of aryl methyl sites for hydroxylation is 1. The highest BCUT2D eigenvalue weighted by Crippen LogP contribution is 2.15. The lowest BCUT2D eigenvalue weighted by Gasteiger charge is -2.33. The fraction of sp³-hybridized carbons (Fsp3) is 0.500. The van der Waals surface area contributed by atoms with Crippen LogP contribution in [0.25, 0.3) is 0 Å². The number of nitrogens with one attached hydrogen (secondary N) is 1. The minimum absolute atomic E-state index is 0.681.